The summed E-state index contributed by atoms with van der Waals surface area (Å²) in [4.78, 5) is 3.78. The summed E-state index contributed by atoms with van der Waals surface area (Å²) in [5.74, 6) is 0. The van der Waals surface area contributed by atoms with E-state index in [-0.39, 0.29) is 0 Å². The van der Waals surface area contributed by atoms with Gasteiger partial charge in [-0.25, -0.2) is 0 Å². The van der Waals surface area contributed by atoms with Crippen molar-refractivity contribution in [1.29, 1.82) is 0 Å². The zero-order valence-corrected chi connectivity index (χ0v) is 9.26. The Morgan fingerprint density at radius 3 is 1.54 bits per heavy atom. The monoisotopic (exact) mass is 283 g/mol. The molecule has 0 atom stereocenters. The zero-order chi connectivity index (χ0) is 9.36. The lowest BCUT2D eigenvalue weighted by Gasteiger charge is -1.80. The molecule has 0 saturated heterocycles. The van der Waals surface area contributed by atoms with Crippen LogP contribution in [-0.4, -0.2) is 4.98 Å². The summed E-state index contributed by atoms with van der Waals surface area (Å²) in [5, 5.41) is 0. The summed E-state index contributed by atoms with van der Waals surface area (Å²) in [6.07, 6.45) is 3.50. The maximum absolute atomic E-state index is 3.78. The molecule has 2 heteroatoms. The standard InChI is InChI=1S/C6H5I.C5H5N/c7-6-4-2-1-3-5-6;1-2-4-6-5-3-1/h1-5H;1-5H. The first kappa shape index (κ1) is 10.2. The Kier molecular flexibility index (Phi) is 5.17. The van der Waals surface area contributed by atoms with Crippen molar-refractivity contribution >= 4 is 22.6 Å². The summed E-state index contributed by atoms with van der Waals surface area (Å²) in [5.41, 5.74) is 0. The molecule has 0 radical (unpaired) electrons. The van der Waals surface area contributed by atoms with E-state index in [1.807, 2.05) is 36.4 Å². The number of aromatic nitrogens is 1. The molecule has 2 rings (SSSR count). The first-order valence-corrected chi connectivity index (χ1v) is 5.03. The molecular weight excluding hydrogens is 273 g/mol. The number of pyridine rings is 1. The van der Waals surface area contributed by atoms with Gasteiger partial charge < -0.3 is 0 Å². The fourth-order valence-corrected chi connectivity index (χ4v) is 1.14. The third-order valence-electron chi connectivity index (χ3n) is 1.30. The van der Waals surface area contributed by atoms with Crippen molar-refractivity contribution in [3.05, 3.63) is 64.5 Å². The third-order valence-corrected chi connectivity index (χ3v) is 2.02. The van der Waals surface area contributed by atoms with Gasteiger partial charge >= 0.3 is 0 Å². The predicted octanol–water partition coefficient (Wildman–Crippen LogP) is 3.37. The number of hydrogen-bond donors (Lipinski definition) is 0. The van der Waals surface area contributed by atoms with Crippen LogP contribution in [-0.2, 0) is 0 Å². The molecule has 0 aliphatic rings. The van der Waals surface area contributed by atoms with E-state index in [1.165, 1.54) is 3.57 Å². The van der Waals surface area contributed by atoms with Crippen molar-refractivity contribution in [1.82, 2.24) is 4.98 Å². The Balaban J connectivity index is 0.000000132. The minimum absolute atomic E-state index is 1.29. The van der Waals surface area contributed by atoms with Gasteiger partial charge in [0.2, 0.25) is 0 Å². The fourth-order valence-electron chi connectivity index (χ4n) is 0.727. The van der Waals surface area contributed by atoms with Crippen LogP contribution in [0.5, 0.6) is 0 Å². The van der Waals surface area contributed by atoms with Crippen LogP contribution >= 0.6 is 22.6 Å². The van der Waals surface area contributed by atoms with Gasteiger partial charge in [0.05, 0.1) is 0 Å². The van der Waals surface area contributed by atoms with Crippen molar-refractivity contribution in [3.63, 3.8) is 0 Å². The van der Waals surface area contributed by atoms with Crippen LogP contribution < -0.4 is 0 Å². The molecule has 0 aliphatic carbocycles. The van der Waals surface area contributed by atoms with Crippen LogP contribution in [0.25, 0.3) is 0 Å². The molecule has 0 aliphatic heterocycles. The molecular formula is C11H10IN. The zero-order valence-electron chi connectivity index (χ0n) is 7.10. The molecule has 13 heavy (non-hydrogen) atoms. The number of hydrogen-bond acceptors (Lipinski definition) is 1. The van der Waals surface area contributed by atoms with Crippen LogP contribution in [0.3, 0.4) is 0 Å². The van der Waals surface area contributed by atoms with Gasteiger partial charge in [-0.3, -0.25) is 4.98 Å². The van der Waals surface area contributed by atoms with E-state index in [0.717, 1.165) is 0 Å². The smallest absolute Gasteiger partial charge is 0.0267 e. The molecule has 0 bridgehead atoms. The maximum Gasteiger partial charge on any atom is 0.0267 e. The quantitative estimate of drug-likeness (QED) is 0.675. The second-order valence-electron chi connectivity index (χ2n) is 2.32. The normalized spacial score (nSPS) is 8.38. The summed E-state index contributed by atoms with van der Waals surface area (Å²) in [6.45, 7) is 0. The molecule has 1 nitrogen and oxygen atoms in total. The summed E-state index contributed by atoms with van der Waals surface area (Å²) < 4.78 is 1.29. The van der Waals surface area contributed by atoms with Gasteiger partial charge in [0.15, 0.2) is 0 Å². The van der Waals surface area contributed by atoms with Crippen molar-refractivity contribution in [2.24, 2.45) is 0 Å². The van der Waals surface area contributed by atoms with Crippen molar-refractivity contribution in [2.75, 3.05) is 0 Å². The Hall–Kier alpha value is -0.900. The highest BCUT2D eigenvalue weighted by Gasteiger charge is 1.74. The van der Waals surface area contributed by atoms with Gasteiger partial charge in [-0.1, -0.05) is 24.3 Å². The third kappa shape index (κ3) is 5.36. The molecule has 66 valence electrons. The summed E-state index contributed by atoms with van der Waals surface area (Å²) in [7, 11) is 0. The Morgan fingerprint density at radius 2 is 1.31 bits per heavy atom. The molecule has 0 spiro atoms. The van der Waals surface area contributed by atoms with Gasteiger partial charge in [-0.15, -0.1) is 0 Å². The molecule has 0 N–H and O–H groups in total. The minimum Gasteiger partial charge on any atom is -0.265 e. The summed E-state index contributed by atoms with van der Waals surface area (Å²) >= 11 is 2.28. The highest BCUT2D eigenvalue weighted by molar-refractivity contribution is 14.1. The average molecular weight is 283 g/mol. The Bertz CT molecular complexity index is 281. The Labute approximate surface area is 92.0 Å². The first-order chi connectivity index (χ1) is 6.39. The van der Waals surface area contributed by atoms with E-state index in [0.29, 0.717) is 0 Å². The van der Waals surface area contributed by atoms with E-state index >= 15 is 0 Å². The van der Waals surface area contributed by atoms with E-state index < -0.39 is 0 Å². The number of benzene rings is 1. The highest BCUT2D eigenvalue weighted by atomic mass is 127. The van der Waals surface area contributed by atoms with E-state index in [4.69, 9.17) is 0 Å². The van der Waals surface area contributed by atoms with Gasteiger partial charge in [0.25, 0.3) is 0 Å². The molecule has 2 aromatic rings. The number of rotatable bonds is 0. The molecule has 0 unspecified atom stereocenters. The SMILES string of the molecule is Ic1ccccc1.c1ccncc1. The molecule has 0 fully saturated rings. The molecule has 0 amide bonds. The minimum atomic E-state index is 1.29. The fraction of sp³-hybridized carbons (Fsp3) is 0. The lowest BCUT2D eigenvalue weighted by Crippen LogP contribution is -1.61. The number of nitrogens with zero attached hydrogens (tertiary/aromatic N) is 1. The molecule has 1 heterocycles. The second kappa shape index (κ2) is 6.60. The van der Waals surface area contributed by atoms with Crippen LogP contribution in [0.1, 0.15) is 0 Å². The summed E-state index contributed by atoms with van der Waals surface area (Å²) in [6, 6.07) is 15.9. The van der Waals surface area contributed by atoms with Gasteiger partial charge in [0, 0.05) is 16.0 Å². The first-order valence-electron chi connectivity index (χ1n) is 3.95. The van der Waals surface area contributed by atoms with E-state index in [9.17, 15) is 0 Å². The number of halogens is 1. The van der Waals surface area contributed by atoms with E-state index in [1.54, 1.807) is 12.4 Å². The molecule has 1 aromatic carbocycles. The topological polar surface area (TPSA) is 12.9 Å². The van der Waals surface area contributed by atoms with Gasteiger partial charge in [-0.2, -0.15) is 0 Å². The average Bonchev–Trinajstić information content (AvgIpc) is 2.22. The lowest BCUT2D eigenvalue weighted by molar-refractivity contribution is 1.33. The lowest BCUT2D eigenvalue weighted by atomic mass is 10.4. The molecule has 0 saturated carbocycles. The largest absolute Gasteiger partial charge is 0.265 e. The van der Waals surface area contributed by atoms with Crippen molar-refractivity contribution in [3.8, 4) is 0 Å². The second-order valence-corrected chi connectivity index (χ2v) is 3.57. The van der Waals surface area contributed by atoms with Crippen LogP contribution in [0.2, 0.25) is 0 Å². The van der Waals surface area contributed by atoms with Crippen molar-refractivity contribution < 1.29 is 0 Å². The molecule has 1 aromatic heterocycles. The predicted molar refractivity (Wildman–Crippen MR) is 63.4 cm³/mol. The van der Waals surface area contributed by atoms with Gasteiger partial charge in [-0.05, 0) is 46.9 Å². The van der Waals surface area contributed by atoms with Crippen molar-refractivity contribution in [2.45, 2.75) is 0 Å². The van der Waals surface area contributed by atoms with Gasteiger partial charge in [0.1, 0.15) is 0 Å². The maximum atomic E-state index is 3.78. The van der Waals surface area contributed by atoms with Crippen LogP contribution in [0, 0.1) is 3.57 Å². The Morgan fingerprint density at radius 1 is 0.769 bits per heavy atom. The highest BCUT2D eigenvalue weighted by Crippen LogP contribution is 1.99. The van der Waals surface area contributed by atoms with Crippen LogP contribution in [0.15, 0.2) is 60.9 Å². The van der Waals surface area contributed by atoms with Crippen LogP contribution in [0.4, 0.5) is 0 Å². The van der Waals surface area contributed by atoms with E-state index in [2.05, 4.69) is 39.7 Å².